The molecule has 0 heterocycles. The molecule has 0 aromatic heterocycles. The third-order valence-electron chi connectivity index (χ3n) is 3.02. The number of hydrogen-bond donors (Lipinski definition) is 1. The Bertz CT molecular complexity index is 559. The van der Waals surface area contributed by atoms with Crippen molar-refractivity contribution < 1.29 is 8.78 Å². The van der Waals surface area contributed by atoms with Crippen molar-refractivity contribution in [3.8, 4) is 11.1 Å². The number of rotatable bonds is 2. The van der Waals surface area contributed by atoms with Gasteiger partial charge in [-0.05, 0) is 30.5 Å². The van der Waals surface area contributed by atoms with Gasteiger partial charge in [0.15, 0.2) is 11.6 Å². The molecule has 1 nitrogen and oxygen atoms in total. The molecule has 2 rings (SSSR count). The van der Waals surface area contributed by atoms with Gasteiger partial charge in [0.1, 0.15) is 0 Å². The standard InChI is InChI=1S/C15H15F2N/c1-9-3-8-13(15(17)14(9)16)12-6-4-11(5-7-12)10(2)18/h3-8,10H,18H2,1-2H3. The lowest BCUT2D eigenvalue weighted by Crippen LogP contribution is -2.04. The Hall–Kier alpha value is -1.74. The summed E-state index contributed by atoms with van der Waals surface area (Å²) in [7, 11) is 0. The third-order valence-corrected chi connectivity index (χ3v) is 3.02. The molecular formula is C15H15F2N. The fourth-order valence-electron chi connectivity index (χ4n) is 1.84. The highest BCUT2D eigenvalue weighted by Crippen LogP contribution is 2.27. The minimum atomic E-state index is -0.802. The second kappa shape index (κ2) is 4.86. The number of benzene rings is 2. The molecule has 0 aliphatic heterocycles. The average Bonchev–Trinajstić information content (AvgIpc) is 2.36. The number of halogens is 2. The van der Waals surface area contributed by atoms with Crippen molar-refractivity contribution in [2.75, 3.05) is 0 Å². The molecule has 0 fully saturated rings. The van der Waals surface area contributed by atoms with Gasteiger partial charge >= 0.3 is 0 Å². The first kappa shape index (κ1) is 12.7. The van der Waals surface area contributed by atoms with E-state index in [9.17, 15) is 8.78 Å². The van der Waals surface area contributed by atoms with Gasteiger partial charge in [-0.3, -0.25) is 0 Å². The molecule has 94 valence electrons. The van der Waals surface area contributed by atoms with Crippen LogP contribution in [-0.2, 0) is 0 Å². The molecule has 18 heavy (non-hydrogen) atoms. The third kappa shape index (κ3) is 2.27. The van der Waals surface area contributed by atoms with E-state index in [4.69, 9.17) is 5.73 Å². The molecule has 0 aliphatic rings. The number of nitrogens with two attached hydrogens (primary N) is 1. The fourth-order valence-corrected chi connectivity index (χ4v) is 1.84. The molecule has 3 heteroatoms. The highest BCUT2D eigenvalue weighted by molar-refractivity contribution is 5.65. The highest BCUT2D eigenvalue weighted by Gasteiger charge is 2.12. The quantitative estimate of drug-likeness (QED) is 0.854. The summed E-state index contributed by atoms with van der Waals surface area (Å²) in [5, 5.41) is 0. The van der Waals surface area contributed by atoms with Crippen LogP contribution in [0.4, 0.5) is 8.78 Å². The summed E-state index contributed by atoms with van der Waals surface area (Å²) < 4.78 is 27.3. The Labute approximate surface area is 105 Å². The van der Waals surface area contributed by atoms with E-state index in [1.807, 2.05) is 19.1 Å². The van der Waals surface area contributed by atoms with Crippen LogP contribution in [0, 0.1) is 18.6 Å². The maximum absolute atomic E-state index is 13.8. The smallest absolute Gasteiger partial charge is 0.166 e. The van der Waals surface area contributed by atoms with Crippen molar-refractivity contribution in [1.82, 2.24) is 0 Å². The monoisotopic (exact) mass is 247 g/mol. The molecule has 0 spiro atoms. The van der Waals surface area contributed by atoms with Crippen molar-refractivity contribution in [1.29, 1.82) is 0 Å². The lowest BCUT2D eigenvalue weighted by molar-refractivity contribution is 0.505. The van der Waals surface area contributed by atoms with Gasteiger partial charge in [0.2, 0.25) is 0 Å². The largest absolute Gasteiger partial charge is 0.324 e. The predicted molar refractivity (Wildman–Crippen MR) is 69.1 cm³/mol. The second-order valence-electron chi connectivity index (χ2n) is 4.47. The average molecular weight is 247 g/mol. The van der Waals surface area contributed by atoms with E-state index in [0.29, 0.717) is 11.1 Å². The Morgan fingerprint density at radius 2 is 1.56 bits per heavy atom. The van der Waals surface area contributed by atoms with Crippen LogP contribution in [0.25, 0.3) is 11.1 Å². The normalized spacial score (nSPS) is 12.5. The highest BCUT2D eigenvalue weighted by atomic mass is 19.2. The van der Waals surface area contributed by atoms with Crippen LogP contribution in [0.1, 0.15) is 24.1 Å². The van der Waals surface area contributed by atoms with E-state index in [0.717, 1.165) is 5.56 Å². The molecule has 0 aliphatic carbocycles. The van der Waals surface area contributed by atoms with Crippen LogP contribution in [-0.4, -0.2) is 0 Å². The fraction of sp³-hybridized carbons (Fsp3) is 0.200. The van der Waals surface area contributed by atoms with Crippen LogP contribution in [0.15, 0.2) is 36.4 Å². The van der Waals surface area contributed by atoms with Crippen LogP contribution >= 0.6 is 0 Å². The summed E-state index contributed by atoms with van der Waals surface area (Å²) in [5.41, 5.74) is 7.94. The Morgan fingerprint density at radius 1 is 0.944 bits per heavy atom. The van der Waals surface area contributed by atoms with Gasteiger partial charge in [-0.1, -0.05) is 36.4 Å². The Kier molecular flexibility index (Phi) is 3.43. The maximum Gasteiger partial charge on any atom is 0.166 e. The predicted octanol–water partition coefficient (Wildman–Crippen LogP) is 3.96. The Morgan fingerprint density at radius 3 is 2.11 bits per heavy atom. The number of aryl methyl sites for hydroxylation is 1. The first-order valence-electron chi connectivity index (χ1n) is 5.81. The van der Waals surface area contributed by atoms with Crippen molar-refractivity contribution in [2.45, 2.75) is 19.9 Å². The summed E-state index contributed by atoms with van der Waals surface area (Å²) in [5.74, 6) is -1.59. The van der Waals surface area contributed by atoms with Crippen molar-refractivity contribution in [3.05, 3.63) is 59.2 Å². The summed E-state index contributed by atoms with van der Waals surface area (Å²) in [6.07, 6.45) is 0. The van der Waals surface area contributed by atoms with E-state index in [1.165, 1.54) is 0 Å². The molecule has 1 unspecified atom stereocenters. The molecule has 2 N–H and O–H groups in total. The lowest BCUT2D eigenvalue weighted by atomic mass is 10.00. The van der Waals surface area contributed by atoms with Gasteiger partial charge < -0.3 is 5.73 Å². The van der Waals surface area contributed by atoms with Crippen molar-refractivity contribution in [2.24, 2.45) is 5.73 Å². The topological polar surface area (TPSA) is 26.0 Å². The molecule has 0 saturated heterocycles. The second-order valence-corrected chi connectivity index (χ2v) is 4.47. The summed E-state index contributed by atoms with van der Waals surface area (Å²) in [4.78, 5) is 0. The van der Waals surface area contributed by atoms with Crippen molar-refractivity contribution in [3.63, 3.8) is 0 Å². The molecular weight excluding hydrogens is 232 g/mol. The van der Waals surface area contributed by atoms with Crippen LogP contribution in [0.3, 0.4) is 0 Å². The van der Waals surface area contributed by atoms with E-state index < -0.39 is 11.6 Å². The first-order valence-corrected chi connectivity index (χ1v) is 5.81. The zero-order chi connectivity index (χ0) is 13.3. The van der Waals surface area contributed by atoms with E-state index >= 15 is 0 Å². The lowest BCUT2D eigenvalue weighted by Gasteiger charge is -2.09. The maximum atomic E-state index is 13.8. The van der Waals surface area contributed by atoms with Gasteiger partial charge in [-0.2, -0.15) is 0 Å². The number of hydrogen-bond acceptors (Lipinski definition) is 1. The SMILES string of the molecule is Cc1ccc(-c2ccc(C(C)N)cc2)c(F)c1F. The first-order chi connectivity index (χ1) is 8.50. The minimum Gasteiger partial charge on any atom is -0.324 e. The summed E-state index contributed by atoms with van der Waals surface area (Å²) >= 11 is 0. The van der Waals surface area contributed by atoms with E-state index in [-0.39, 0.29) is 11.6 Å². The zero-order valence-electron chi connectivity index (χ0n) is 10.4. The molecule has 2 aromatic rings. The molecule has 0 bridgehead atoms. The molecule has 0 amide bonds. The van der Waals surface area contributed by atoms with Crippen LogP contribution in [0.2, 0.25) is 0 Å². The molecule has 1 atom stereocenters. The van der Waals surface area contributed by atoms with E-state index in [2.05, 4.69) is 0 Å². The summed E-state index contributed by atoms with van der Waals surface area (Å²) in [6, 6.07) is 10.3. The van der Waals surface area contributed by atoms with Crippen LogP contribution in [0.5, 0.6) is 0 Å². The minimum absolute atomic E-state index is 0.0707. The van der Waals surface area contributed by atoms with Gasteiger partial charge in [0, 0.05) is 11.6 Å². The molecule has 0 radical (unpaired) electrons. The van der Waals surface area contributed by atoms with Gasteiger partial charge in [-0.15, -0.1) is 0 Å². The van der Waals surface area contributed by atoms with Gasteiger partial charge in [0.05, 0.1) is 0 Å². The van der Waals surface area contributed by atoms with E-state index in [1.54, 1.807) is 31.2 Å². The van der Waals surface area contributed by atoms with Gasteiger partial charge in [0.25, 0.3) is 0 Å². The summed E-state index contributed by atoms with van der Waals surface area (Å²) in [6.45, 7) is 3.42. The zero-order valence-corrected chi connectivity index (χ0v) is 10.4. The van der Waals surface area contributed by atoms with Crippen LogP contribution < -0.4 is 5.73 Å². The van der Waals surface area contributed by atoms with Crippen molar-refractivity contribution >= 4 is 0 Å². The Balaban J connectivity index is 2.46. The molecule has 2 aromatic carbocycles. The van der Waals surface area contributed by atoms with Gasteiger partial charge in [-0.25, -0.2) is 8.78 Å². The molecule has 0 saturated carbocycles.